The smallest absolute Gasteiger partial charge is 0.329 e. The van der Waals surface area contributed by atoms with Gasteiger partial charge >= 0.3 is 5.69 Å². The molecule has 0 fully saturated rings. The molecule has 1 aromatic carbocycles. The van der Waals surface area contributed by atoms with E-state index in [0.29, 0.717) is 19.6 Å². The number of para-hydroxylation sites is 2. The fraction of sp³-hybridized carbons (Fsp3) is 0.350. The summed E-state index contributed by atoms with van der Waals surface area (Å²) >= 11 is 0. The molecule has 6 heteroatoms. The average Bonchev–Trinajstić information content (AvgIpc) is 2.90. The highest BCUT2D eigenvalue weighted by Crippen LogP contribution is 2.13. The fourth-order valence-corrected chi connectivity index (χ4v) is 3.12. The van der Waals surface area contributed by atoms with Crippen LogP contribution in [0.3, 0.4) is 0 Å². The Kier molecular flexibility index (Phi) is 5.51. The summed E-state index contributed by atoms with van der Waals surface area (Å²) in [7, 11) is 0. The van der Waals surface area contributed by atoms with Gasteiger partial charge in [-0.15, -0.1) is 0 Å². The minimum absolute atomic E-state index is 0.0544. The van der Waals surface area contributed by atoms with Gasteiger partial charge in [0.05, 0.1) is 23.3 Å². The van der Waals surface area contributed by atoms with Crippen LogP contribution in [-0.4, -0.2) is 20.0 Å². The number of aromatic nitrogens is 3. The van der Waals surface area contributed by atoms with E-state index in [1.807, 2.05) is 56.3 Å². The van der Waals surface area contributed by atoms with Crippen molar-refractivity contribution in [1.29, 1.82) is 0 Å². The first-order valence-electron chi connectivity index (χ1n) is 8.97. The van der Waals surface area contributed by atoms with Crippen molar-refractivity contribution < 1.29 is 4.79 Å². The second kappa shape index (κ2) is 7.99. The Hall–Kier alpha value is -2.89. The largest absolute Gasteiger partial charge is 0.350 e. The van der Waals surface area contributed by atoms with Crippen LogP contribution in [0.5, 0.6) is 0 Å². The molecule has 6 nitrogen and oxygen atoms in total. The predicted octanol–water partition coefficient (Wildman–Crippen LogP) is 2.62. The van der Waals surface area contributed by atoms with Gasteiger partial charge in [-0.2, -0.15) is 0 Å². The molecule has 0 radical (unpaired) electrons. The van der Waals surface area contributed by atoms with E-state index in [-0.39, 0.29) is 18.0 Å². The zero-order chi connectivity index (χ0) is 18.5. The molecule has 2 heterocycles. The summed E-state index contributed by atoms with van der Waals surface area (Å²) in [6.07, 6.45) is 1.14. The third kappa shape index (κ3) is 3.85. The molecule has 26 heavy (non-hydrogen) atoms. The maximum atomic E-state index is 12.7. The molecule has 3 rings (SSSR count). The molecular weight excluding hydrogens is 328 g/mol. The van der Waals surface area contributed by atoms with Crippen molar-refractivity contribution in [3.05, 3.63) is 64.3 Å². The standard InChI is InChI=1S/C20H24N4O2/c1-3-12-23-17-9-4-5-10-18(17)24(20(23)26)13-11-19(25)21-14-16-8-6-7-15(2)22-16/h4-10H,3,11-14H2,1-2H3,(H,21,25). The molecule has 0 aliphatic heterocycles. The van der Waals surface area contributed by atoms with Gasteiger partial charge in [0.2, 0.25) is 5.91 Å². The number of hydrogen-bond donors (Lipinski definition) is 1. The van der Waals surface area contributed by atoms with E-state index < -0.39 is 0 Å². The van der Waals surface area contributed by atoms with Crippen LogP contribution in [0.15, 0.2) is 47.3 Å². The molecule has 3 aromatic rings. The Balaban J connectivity index is 1.68. The quantitative estimate of drug-likeness (QED) is 0.711. The van der Waals surface area contributed by atoms with Crippen LogP contribution in [0.1, 0.15) is 31.2 Å². The second-order valence-electron chi connectivity index (χ2n) is 6.37. The van der Waals surface area contributed by atoms with Crippen LogP contribution in [0.4, 0.5) is 0 Å². The maximum absolute atomic E-state index is 12.7. The highest BCUT2D eigenvalue weighted by Gasteiger charge is 2.13. The van der Waals surface area contributed by atoms with Crippen LogP contribution in [0, 0.1) is 6.92 Å². The number of carbonyl (C=O) groups is 1. The molecule has 0 saturated heterocycles. The van der Waals surface area contributed by atoms with E-state index in [4.69, 9.17) is 0 Å². The fourth-order valence-electron chi connectivity index (χ4n) is 3.12. The second-order valence-corrected chi connectivity index (χ2v) is 6.37. The summed E-state index contributed by atoms with van der Waals surface area (Å²) in [5.74, 6) is -0.0903. The lowest BCUT2D eigenvalue weighted by Gasteiger charge is -2.06. The van der Waals surface area contributed by atoms with Crippen molar-refractivity contribution in [1.82, 2.24) is 19.4 Å². The minimum atomic E-state index is -0.0903. The molecule has 0 unspecified atom stereocenters. The third-order valence-corrected chi connectivity index (χ3v) is 4.35. The first-order valence-corrected chi connectivity index (χ1v) is 8.97. The number of hydrogen-bond acceptors (Lipinski definition) is 3. The Labute approximate surface area is 152 Å². The van der Waals surface area contributed by atoms with E-state index in [1.54, 1.807) is 9.13 Å². The summed E-state index contributed by atoms with van der Waals surface area (Å²) in [6.45, 7) is 5.41. The van der Waals surface area contributed by atoms with Crippen LogP contribution in [0.2, 0.25) is 0 Å². The molecule has 0 aliphatic rings. The Morgan fingerprint density at radius 2 is 1.73 bits per heavy atom. The monoisotopic (exact) mass is 352 g/mol. The van der Waals surface area contributed by atoms with E-state index in [1.165, 1.54) is 0 Å². The summed E-state index contributed by atoms with van der Waals surface area (Å²) in [5.41, 5.74) is 3.49. The van der Waals surface area contributed by atoms with Crippen LogP contribution in [0.25, 0.3) is 11.0 Å². The number of imidazole rings is 1. The van der Waals surface area contributed by atoms with Gasteiger partial charge in [0.15, 0.2) is 0 Å². The zero-order valence-electron chi connectivity index (χ0n) is 15.2. The minimum Gasteiger partial charge on any atom is -0.350 e. The van der Waals surface area contributed by atoms with Gasteiger partial charge < -0.3 is 5.32 Å². The van der Waals surface area contributed by atoms with Gasteiger partial charge in [0.25, 0.3) is 0 Å². The molecule has 1 amide bonds. The number of pyridine rings is 1. The van der Waals surface area contributed by atoms with Gasteiger partial charge in [-0.1, -0.05) is 25.1 Å². The number of aryl methyl sites for hydroxylation is 3. The van der Waals surface area contributed by atoms with E-state index in [0.717, 1.165) is 28.8 Å². The first-order chi connectivity index (χ1) is 12.6. The molecule has 0 saturated carbocycles. The molecule has 0 bridgehead atoms. The van der Waals surface area contributed by atoms with Crippen molar-refractivity contribution in [2.24, 2.45) is 0 Å². The molecule has 0 atom stereocenters. The summed E-state index contributed by atoms with van der Waals surface area (Å²) in [5, 5.41) is 2.87. The van der Waals surface area contributed by atoms with Crippen molar-refractivity contribution in [3.63, 3.8) is 0 Å². The van der Waals surface area contributed by atoms with Gasteiger partial charge in [-0.05, 0) is 37.6 Å². The van der Waals surface area contributed by atoms with Gasteiger partial charge in [-0.25, -0.2) is 4.79 Å². The topological polar surface area (TPSA) is 68.9 Å². The average molecular weight is 352 g/mol. The van der Waals surface area contributed by atoms with Crippen LogP contribution >= 0.6 is 0 Å². The lowest BCUT2D eigenvalue weighted by molar-refractivity contribution is -0.121. The zero-order valence-corrected chi connectivity index (χ0v) is 15.2. The van der Waals surface area contributed by atoms with E-state index in [2.05, 4.69) is 10.3 Å². The van der Waals surface area contributed by atoms with Gasteiger partial charge in [-0.3, -0.25) is 18.9 Å². The number of nitrogens with one attached hydrogen (secondary N) is 1. The van der Waals surface area contributed by atoms with Crippen molar-refractivity contribution >= 4 is 16.9 Å². The number of carbonyl (C=O) groups excluding carboxylic acids is 1. The number of fused-ring (bicyclic) bond motifs is 1. The lowest BCUT2D eigenvalue weighted by Crippen LogP contribution is -2.28. The number of nitrogens with zero attached hydrogens (tertiary/aromatic N) is 3. The maximum Gasteiger partial charge on any atom is 0.329 e. The molecule has 0 aliphatic carbocycles. The SMILES string of the molecule is CCCn1c(=O)n(CCC(=O)NCc2cccc(C)n2)c2ccccc21. The Bertz CT molecular complexity index is 971. The van der Waals surface area contributed by atoms with Gasteiger partial charge in [0, 0.05) is 25.2 Å². The first kappa shape index (κ1) is 17.9. The molecular formula is C20H24N4O2. The van der Waals surface area contributed by atoms with Gasteiger partial charge in [0.1, 0.15) is 0 Å². The van der Waals surface area contributed by atoms with Crippen molar-refractivity contribution in [2.45, 2.75) is 46.3 Å². The Morgan fingerprint density at radius 3 is 2.38 bits per heavy atom. The van der Waals surface area contributed by atoms with E-state index >= 15 is 0 Å². The van der Waals surface area contributed by atoms with Crippen LogP contribution < -0.4 is 11.0 Å². The highest BCUT2D eigenvalue weighted by atomic mass is 16.2. The predicted molar refractivity (Wildman–Crippen MR) is 102 cm³/mol. The lowest BCUT2D eigenvalue weighted by atomic mass is 10.3. The molecule has 2 aromatic heterocycles. The van der Waals surface area contributed by atoms with Crippen LogP contribution in [-0.2, 0) is 24.4 Å². The molecule has 1 N–H and O–H groups in total. The molecule has 136 valence electrons. The van der Waals surface area contributed by atoms with E-state index in [9.17, 15) is 9.59 Å². The van der Waals surface area contributed by atoms with Crippen molar-refractivity contribution in [2.75, 3.05) is 0 Å². The highest BCUT2D eigenvalue weighted by molar-refractivity contribution is 5.78. The number of rotatable bonds is 7. The third-order valence-electron chi connectivity index (χ3n) is 4.35. The summed E-state index contributed by atoms with van der Waals surface area (Å²) in [6, 6.07) is 13.5. The summed E-state index contributed by atoms with van der Waals surface area (Å²) < 4.78 is 3.47. The number of benzene rings is 1. The molecule has 0 spiro atoms. The van der Waals surface area contributed by atoms with Crippen molar-refractivity contribution in [3.8, 4) is 0 Å². The summed E-state index contributed by atoms with van der Waals surface area (Å²) in [4.78, 5) is 29.3. The Morgan fingerprint density at radius 1 is 1.04 bits per heavy atom. The number of amides is 1. The normalized spacial score (nSPS) is 11.0.